The Bertz CT molecular complexity index is 392. The number of carbonyl (C=O) groups is 1. The minimum Gasteiger partial charge on any atom is -0.480 e. The van der Waals surface area contributed by atoms with Crippen molar-refractivity contribution in [1.82, 2.24) is 5.32 Å². The molecule has 0 bridgehead atoms. The van der Waals surface area contributed by atoms with E-state index in [4.69, 9.17) is 15.2 Å². The van der Waals surface area contributed by atoms with Gasteiger partial charge in [-0.25, -0.2) is 0 Å². The molecule has 18 heavy (non-hydrogen) atoms. The van der Waals surface area contributed by atoms with Crippen LogP contribution in [0, 0.1) is 0 Å². The molecule has 1 unspecified atom stereocenters. The Balaban J connectivity index is 2.48. The zero-order valence-corrected chi connectivity index (χ0v) is 12.0. The maximum absolute atomic E-state index is 11.6. The van der Waals surface area contributed by atoms with E-state index in [1.54, 1.807) is 25.3 Å². The van der Waals surface area contributed by atoms with E-state index in [1.165, 1.54) is 0 Å². The first-order chi connectivity index (χ1) is 8.54. The van der Waals surface area contributed by atoms with Crippen molar-refractivity contribution < 1.29 is 14.3 Å². The maximum atomic E-state index is 11.6. The first-order valence-corrected chi connectivity index (χ1v) is 6.29. The molecule has 0 aliphatic rings. The summed E-state index contributed by atoms with van der Waals surface area (Å²) in [5, 5.41) is 2.74. The first-order valence-electron chi connectivity index (χ1n) is 5.49. The highest BCUT2D eigenvalue weighted by Gasteiger charge is 2.10. The van der Waals surface area contributed by atoms with E-state index in [1.807, 2.05) is 6.92 Å². The minimum atomic E-state index is -0.213. The van der Waals surface area contributed by atoms with Crippen LogP contribution in [0.4, 0.5) is 5.69 Å². The number of ether oxygens (including phenoxy) is 2. The molecule has 1 rings (SSSR count). The van der Waals surface area contributed by atoms with Crippen molar-refractivity contribution in [2.24, 2.45) is 0 Å². The summed E-state index contributed by atoms with van der Waals surface area (Å²) in [4.78, 5) is 11.6. The van der Waals surface area contributed by atoms with Gasteiger partial charge in [0.05, 0.1) is 16.8 Å². The predicted octanol–water partition coefficient (Wildman–Crippen LogP) is 1.56. The number of amides is 1. The fourth-order valence-corrected chi connectivity index (χ4v) is 1.92. The van der Waals surface area contributed by atoms with E-state index < -0.39 is 0 Å². The molecule has 1 aromatic rings. The predicted molar refractivity (Wildman–Crippen MR) is 73.5 cm³/mol. The lowest BCUT2D eigenvalue weighted by molar-refractivity contribution is -0.124. The molecule has 0 aliphatic carbocycles. The average Bonchev–Trinajstić information content (AvgIpc) is 2.28. The second-order valence-electron chi connectivity index (χ2n) is 3.87. The zero-order chi connectivity index (χ0) is 13.5. The van der Waals surface area contributed by atoms with Gasteiger partial charge < -0.3 is 20.5 Å². The first kappa shape index (κ1) is 14.8. The van der Waals surface area contributed by atoms with Crippen molar-refractivity contribution in [3.8, 4) is 5.75 Å². The van der Waals surface area contributed by atoms with Crippen molar-refractivity contribution >= 4 is 27.5 Å². The fourth-order valence-electron chi connectivity index (χ4n) is 1.42. The van der Waals surface area contributed by atoms with Gasteiger partial charge in [-0.3, -0.25) is 4.79 Å². The quantitative estimate of drug-likeness (QED) is 0.781. The van der Waals surface area contributed by atoms with E-state index in [0.29, 0.717) is 18.0 Å². The summed E-state index contributed by atoms with van der Waals surface area (Å²) >= 11 is 3.32. The standard InChI is InChI=1S/C12H17BrN2O3/c1-8(6-17-2)15-11(16)7-18-12-9(13)4-3-5-10(12)14/h3-5,8H,6-7,14H2,1-2H3,(H,15,16). The average molecular weight is 317 g/mol. The van der Waals surface area contributed by atoms with Gasteiger partial charge in [0.2, 0.25) is 0 Å². The van der Waals surface area contributed by atoms with E-state index in [-0.39, 0.29) is 18.6 Å². The number of methoxy groups -OCH3 is 1. The van der Waals surface area contributed by atoms with Gasteiger partial charge >= 0.3 is 0 Å². The van der Waals surface area contributed by atoms with Crippen molar-refractivity contribution in [3.63, 3.8) is 0 Å². The highest BCUT2D eigenvalue weighted by Crippen LogP contribution is 2.30. The molecule has 0 spiro atoms. The molecule has 0 fully saturated rings. The molecule has 0 aromatic heterocycles. The van der Waals surface area contributed by atoms with Gasteiger partial charge in [-0.2, -0.15) is 0 Å². The summed E-state index contributed by atoms with van der Waals surface area (Å²) < 4.78 is 11.0. The maximum Gasteiger partial charge on any atom is 0.258 e. The Kier molecular flexibility index (Phi) is 5.94. The van der Waals surface area contributed by atoms with Gasteiger partial charge in [0, 0.05) is 13.2 Å². The Morgan fingerprint density at radius 3 is 2.89 bits per heavy atom. The van der Waals surface area contributed by atoms with Crippen LogP contribution in [0.5, 0.6) is 5.75 Å². The third-order valence-corrected chi connectivity index (χ3v) is 2.79. The number of benzene rings is 1. The van der Waals surface area contributed by atoms with Crippen molar-refractivity contribution in [2.75, 3.05) is 26.1 Å². The number of nitrogen functional groups attached to an aromatic ring is 1. The van der Waals surface area contributed by atoms with Crippen LogP contribution >= 0.6 is 15.9 Å². The number of nitrogens with two attached hydrogens (primary N) is 1. The van der Waals surface area contributed by atoms with Crippen LogP contribution in [-0.4, -0.2) is 32.3 Å². The summed E-state index contributed by atoms with van der Waals surface area (Å²) in [5.41, 5.74) is 6.24. The van der Waals surface area contributed by atoms with Crippen LogP contribution < -0.4 is 15.8 Å². The third-order valence-electron chi connectivity index (χ3n) is 2.17. The molecule has 6 heteroatoms. The second-order valence-corrected chi connectivity index (χ2v) is 4.73. The van der Waals surface area contributed by atoms with Crippen LogP contribution in [0.2, 0.25) is 0 Å². The normalized spacial score (nSPS) is 11.9. The van der Waals surface area contributed by atoms with Gasteiger partial charge in [-0.1, -0.05) is 6.07 Å². The highest BCUT2D eigenvalue weighted by atomic mass is 79.9. The van der Waals surface area contributed by atoms with Gasteiger partial charge in [-0.15, -0.1) is 0 Å². The minimum absolute atomic E-state index is 0.0531. The molecular formula is C12H17BrN2O3. The third kappa shape index (κ3) is 4.54. The second kappa shape index (κ2) is 7.23. The van der Waals surface area contributed by atoms with Crippen molar-refractivity contribution in [2.45, 2.75) is 13.0 Å². The lowest BCUT2D eigenvalue weighted by Gasteiger charge is -2.14. The lowest BCUT2D eigenvalue weighted by atomic mass is 10.3. The van der Waals surface area contributed by atoms with Crippen molar-refractivity contribution in [3.05, 3.63) is 22.7 Å². The number of nitrogens with one attached hydrogen (secondary N) is 1. The molecule has 5 nitrogen and oxygen atoms in total. The molecule has 1 aromatic carbocycles. The van der Waals surface area contributed by atoms with E-state index in [2.05, 4.69) is 21.2 Å². The molecule has 1 atom stereocenters. The van der Waals surface area contributed by atoms with E-state index in [9.17, 15) is 4.79 Å². The Hall–Kier alpha value is -1.27. The largest absolute Gasteiger partial charge is 0.480 e. The van der Waals surface area contributed by atoms with Gasteiger partial charge in [-0.05, 0) is 35.0 Å². The van der Waals surface area contributed by atoms with Crippen LogP contribution in [0.3, 0.4) is 0 Å². The summed E-state index contributed by atoms with van der Waals surface area (Å²) in [7, 11) is 1.58. The lowest BCUT2D eigenvalue weighted by Crippen LogP contribution is -2.38. The molecule has 0 saturated heterocycles. The van der Waals surface area contributed by atoms with Gasteiger partial charge in [0.15, 0.2) is 12.4 Å². The molecule has 1 amide bonds. The smallest absolute Gasteiger partial charge is 0.258 e. The molecule has 100 valence electrons. The molecule has 0 heterocycles. The molecular weight excluding hydrogens is 300 g/mol. The summed E-state index contributed by atoms with van der Waals surface area (Å²) in [5.74, 6) is 0.266. The number of hydrogen-bond acceptors (Lipinski definition) is 4. The molecule has 0 aliphatic heterocycles. The number of hydrogen-bond donors (Lipinski definition) is 2. The Labute approximate surface area is 115 Å². The van der Waals surface area contributed by atoms with Gasteiger partial charge in [0.1, 0.15) is 0 Å². The zero-order valence-electron chi connectivity index (χ0n) is 10.4. The van der Waals surface area contributed by atoms with Crippen LogP contribution in [0.1, 0.15) is 6.92 Å². The monoisotopic (exact) mass is 316 g/mol. The summed E-state index contributed by atoms with van der Waals surface area (Å²) in [6, 6.07) is 5.26. The summed E-state index contributed by atoms with van der Waals surface area (Å²) in [6.07, 6.45) is 0. The van der Waals surface area contributed by atoms with E-state index in [0.717, 1.165) is 4.47 Å². The van der Waals surface area contributed by atoms with Crippen LogP contribution in [-0.2, 0) is 9.53 Å². The number of halogens is 1. The molecule has 0 radical (unpaired) electrons. The molecule has 0 saturated carbocycles. The topological polar surface area (TPSA) is 73.6 Å². The van der Waals surface area contributed by atoms with Crippen LogP contribution in [0.15, 0.2) is 22.7 Å². The number of anilines is 1. The SMILES string of the molecule is COCC(C)NC(=O)COc1c(N)cccc1Br. The number of carbonyl (C=O) groups excluding carboxylic acids is 1. The highest BCUT2D eigenvalue weighted by molar-refractivity contribution is 9.10. The Morgan fingerprint density at radius 2 is 2.28 bits per heavy atom. The summed E-state index contributed by atoms with van der Waals surface area (Å²) in [6.45, 7) is 2.23. The number of para-hydroxylation sites is 1. The van der Waals surface area contributed by atoms with Crippen molar-refractivity contribution in [1.29, 1.82) is 0 Å². The van der Waals surface area contributed by atoms with E-state index >= 15 is 0 Å². The number of rotatable bonds is 6. The fraction of sp³-hybridized carbons (Fsp3) is 0.417. The Morgan fingerprint density at radius 1 is 1.56 bits per heavy atom. The molecule has 3 N–H and O–H groups in total. The van der Waals surface area contributed by atoms with Gasteiger partial charge in [0.25, 0.3) is 5.91 Å². The van der Waals surface area contributed by atoms with Crippen LogP contribution in [0.25, 0.3) is 0 Å².